The first-order valence-electron chi connectivity index (χ1n) is 5.72. The number of rotatable bonds is 3. The van der Waals surface area contributed by atoms with Crippen molar-refractivity contribution in [2.45, 2.75) is 35.4 Å². The average Bonchev–Trinajstić information content (AvgIpc) is 2.78. The van der Waals surface area contributed by atoms with E-state index in [0.29, 0.717) is 6.42 Å². The lowest BCUT2D eigenvalue weighted by molar-refractivity contribution is 0.537. The van der Waals surface area contributed by atoms with Gasteiger partial charge in [0.15, 0.2) is 9.84 Å². The van der Waals surface area contributed by atoms with E-state index in [1.807, 2.05) is 0 Å². The number of halogens is 1. The molecule has 0 saturated heterocycles. The summed E-state index contributed by atoms with van der Waals surface area (Å²) in [6, 6.07) is 5.07. The lowest BCUT2D eigenvalue weighted by Crippen LogP contribution is -2.38. The highest BCUT2D eigenvalue weighted by Gasteiger charge is 2.37. The molecule has 1 aliphatic carbocycles. The molecule has 1 aliphatic rings. The van der Waals surface area contributed by atoms with Crippen LogP contribution in [0, 0.1) is 5.82 Å². The maximum Gasteiger partial charge on any atom is 0.182 e. The van der Waals surface area contributed by atoms with Gasteiger partial charge in [-0.3, -0.25) is 0 Å². The summed E-state index contributed by atoms with van der Waals surface area (Å²) in [6.45, 7) is 0. The number of sulfone groups is 1. The van der Waals surface area contributed by atoms with Gasteiger partial charge < -0.3 is 5.32 Å². The topological polar surface area (TPSA) is 46.2 Å². The molecule has 0 amide bonds. The maximum absolute atomic E-state index is 12.8. The summed E-state index contributed by atoms with van der Waals surface area (Å²) in [5, 5.41) is 2.66. The van der Waals surface area contributed by atoms with Gasteiger partial charge in [0.25, 0.3) is 0 Å². The molecule has 94 valence electrons. The van der Waals surface area contributed by atoms with Crippen molar-refractivity contribution in [3.63, 3.8) is 0 Å². The molecule has 1 aromatic rings. The Morgan fingerprint density at radius 2 is 1.88 bits per heavy atom. The van der Waals surface area contributed by atoms with Gasteiger partial charge in [0.1, 0.15) is 5.82 Å². The van der Waals surface area contributed by atoms with Gasteiger partial charge in [-0.1, -0.05) is 6.42 Å². The predicted molar refractivity (Wildman–Crippen MR) is 64.1 cm³/mol. The van der Waals surface area contributed by atoms with Crippen LogP contribution < -0.4 is 5.32 Å². The summed E-state index contributed by atoms with van der Waals surface area (Å²) in [4.78, 5) is 0.214. The summed E-state index contributed by atoms with van der Waals surface area (Å²) in [5.74, 6) is -0.416. The van der Waals surface area contributed by atoms with Crippen molar-refractivity contribution >= 4 is 9.84 Å². The highest BCUT2D eigenvalue weighted by molar-refractivity contribution is 7.92. The van der Waals surface area contributed by atoms with Crippen LogP contribution in [0.25, 0.3) is 0 Å². The number of benzene rings is 1. The van der Waals surface area contributed by atoms with Crippen LogP contribution in [0.4, 0.5) is 4.39 Å². The molecular formula is C12H16FNO2S. The highest BCUT2D eigenvalue weighted by Crippen LogP contribution is 2.29. The fourth-order valence-electron chi connectivity index (χ4n) is 2.43. The Labute approximate surface area is 101 Å². The van der Waals surface area contributed by atoms with E-state index in [1.54, 1.807) is 7.05 Å². The minimum atomic E-state index is -3.35. The van der Waals surface area contributed by atoms with Gasteiger partial charge in [0.2, 0.25) is 0 Å². The fraction of sp³-hybridized carbons (Fsp3) is 0.500. The summed E-state index contributed by atoms with van der Waals surface area (Å²) >= 11 is 0. The van der Waals surface area contributed by atoms with Gasteiger partial charge in [0.05, 0.1) is 10.1 Å². The van der Waals surface area contributed by atoms with Gasteiger partial charge in [-0.05, 0) is 44.2 Å². The Kier molecular flexibility index (Phi) is 3.49. The molecule has 1 saturated carbocycles. The molecule has 1 aromatic carbocycles. The Balaban J connectivity index is 2.33. The van der Waals surface area contributed by atoms with E-state index in [2.05, 4.69) is 5.32 Å². The first-order chi connectivity index (χ1) is 8.05. The molecule has 0 aliphatic heterocycles. The molecule has 0 bridgehead atoms. The van der Waals surface area contributed by atoms with Gasteiger partial charge in [-0.15, -0.1) is 0 Å². The lowest BCUT2D eigenvalue weighted by Gasteiger charge is -2.19. The van der Waals surface area contributed by atoms with Gasteiger partial charge >= 0.3 is 0 Å². The molecule has 2 rings (SSSR count). The number of nitrogens with one attached hydrogen (secondary N) is 1. The first kappa shape index (κ1) is 12.5. The molecule has 5 heteroatoms. The van der Waals surface area contributed by atoms with Gasteiger partial charge in [-0.2, -0.15) is 0 Å². The maximum atomic E-state index is 12.8. The first-order valence-corrected chi connectivity index (χ1v) is 7.27. The molecule has 0 radical (unpaired) electrons. The number of hydrogen-bond donors (Lipinski definition) is 1. The minimum absolute atomic E-state index is 0.00468. The molecular weight excluding hydrogens is 241 g/mol. The monoisotopic (exact) mass is 257 g/mol. The molecule has 3 nitrogen and oxygen atoms in total. The fourth-order valence-corrected chi connectivity index (χ4v) is 4.47. The van der Waals surface area contributed by atoms with Crippen molar-refractivity contribution in [1.29, 1.82) is 0 Å². The van der Waals surface area contributed by atoms with Crippen molar-refractivity contribution < 1.29 is 12.8 Å². The van der Waals surface area contributed by atoms with Crippen LogP contribution in [-0.2, 0) is 9.84 Å². The molecule has 0 spiro atoms. The van der Waals surface area contributed by atoms with E-state index in [-0.39, 0.29) is 10.9 Å². The van der Waals surface area contributed by atoms with Crippen LogP contribution in [0.5, 0.6) is 0 Å². The third-order valence-electron chi connectivity index (χ3n) is 3.36. The second-order valence-corrected chi connectivity index (χ2v) is 6.53. The summed E-state index contributed by atoms with van der Waals surface area (Å²) in [5.41, 5.74) is 0. The molecule has 1 fully saturated rings. The van der Waals surface area contributed by atoms with Crippen molar-refractivity contribution in [1.82, 2.24) is 5.32 Å². The van der Waals surface area contributed by atoms with Crippen molar-refractivity contribution in [2.75, 3.05) is 7.05 Å². The van der Waals surface area contributed by atoms with Crippen molar-refractivity contribution in [3.05, 3.63) is 30.1 Å². The van der Waals surface area contributed by atoms with E-state index >= 15 is 0 Å². The molecule has 2 atom stereocenters. The zero-order valence-corrected chi connectivity index (χ0v) is 10.5. The number of hydrogen-bond acceptors (Lipinski definition) is 3. The molecule has 0 aromatic heterocycles. The van der Waals surface area contributed by atoms with E-state index in [1.165, 1.54) is 24.3 Å². The van der Waals surface area contributed by atoms with Gasteiger partial charge in [-0.25, -0.2) is 12.8 Å². The zero-order chi connectivity index (χ0) is 12.5. The van der Waals surface area contributed by atoms with Crippen molar-refractivity contribution in [3.8, 4) is 0 Å². The standard InChI is InChI=1S/C12H16FNO2S/c1-14-11-3-2-4-12(11)17(15,16)10-7-5-9(13)6-8-10/h5-8,11-12,14H,2-4H2,1H3. The zero-order valence-electron chi connectivity index (χ0n) is 9.69. The molecule has 2 unspecified atom stereocenters. The van der Waals surface area contributed by atoms with Crippen molar-refractivity contribution in [2.24, 2.45) is 0 Å². The lowest BCUT2D eigenvalue weighted by atomic mass is 10.2. The highest BCUT2D eigenvalue weighted by atomic mass is 32.2. The van der Waals surface area contributed by atoms with E-state index < -0.39 is 20.9 Å². The van der Waals surface area contributed by atoms with E-state index in [9.17, 15) is 12.8 Å². The summed E-state index contributed by atoms with van der Waals surface area (Å²) < 4.78 is 37.5. The van der Waals surface area contributed by atoms with Crippen LogP contribution in [-0.4, -0.2) is 26.8 Å². The van der Waals surface area contributed by atoms with Crippen LogP contribution in [0.1, 0.15) is 19.3 Å². The Bertz CT molecular complexity index is 484. The Morgan fingerprint density at radius 3 is 2.47 bits per heavy atom. The van der Waals surface area contributed by atoms with Crippen LogP contribution in [0.15, 0.2) is 29.2 Å². The normalized spacial score (nSPS) is 25.1. The summed E-state index contributed by atoms with van der Waals surface area (Å²) in [6.07, 6.45) is 2.46. The second kappa shape index (κ2) is 4.74. The van der Waals surface area contributed by atoms with E-state index in [4.69, 9.17) is 0 Å². The van der Waals surface area contributed by atoms with Crippen LogP contribution >= 0.6 is 0 Å². The SMILES string of the molecule is CNC1CCCC1S(=O)(=O)c1ccc(F)cc1. The van der Waals surface area contributed by atoms with Crippen LogP contribution in [0.2, 0.25) is 0 Å². The average molecular weight is 257 g/mol. The molecule has 17 heavy (non-hydrogen) atoms. The van der Waals surface area contributed by atoms with Crippen LogP contribution in [0.3, 0.4) is 0 Å². The quantitative estimate of drug-likeness (QED) is 0.839. The third kappa shape index (κ3) is 2.35. The second-order valence-electron chi connectivity index (χ2n) is 4.36. The predicted octanol–water partition coefficient (Wildman–Crippen LogP) is 1.74. The van der Waals surface area contributed by atoms with E-state index in [0.717, 1.165) is 12.8 Å². The Morgan fingerprint density at radius 1 is 1.24 bits per heavy atom. The largest absolute Gasteiger partial charge is 0.316 e. The van der Waals surface area contributed by atoms with Gasteiger partial charge in [0, 0.05) is 6.04 Å². The Hall–Kier alpha value is -0.940. The minimum Gasteiger partial charge on any atom is -0.316 e. The molecule has 0 heterocycles. The summed E-state index contributed by atoms with van der Waals surface area (Å²) in [7, 11) is -1.56. The smallest absolute Gasteiger partial charge is 0.182 e. The third-order valence-corrected chi connectivity index (χ3v) is 5.65. The molecule has 1 N–H and O–H groups in total.